The second-order valence-corrected chi connectivity index (χ2v) is 11.1. The fraction of sp³-hybridized carbons (Fsp3) is 0.462. The maximum absolute atomic E-state index is 13.2. The number of nitrogens with zero attached hydrogens (tertiary/aromatic N) is 2. The lowest BCUT2D eigenvalue weighted by atomic mass is 9.82. The van der Waals surface area contributed by atoms with Gasteiger partial charge in [-0.25, -0.2) is 4.98 Å². The number of nitrogens with one attached hydrogen (secondary N) is 1. The molecule has 0 aliphatic heterocycles. The Kier molecular flexibility index (Phi) is 8.62. The lowest BCUT2D eigenvalue weighted by Crippen LogP contribution is -2.34. The van der Waals surface area contributed by atoms with Gasteiger partial charge in [-0.1, -0.05) is 42.1 Å². The molecule has 9 heteroatoms. The van der Waals surface area contributed by atoms with Crippen molar-refractivity contribution in [3.63, 3.8) is 0 Å². The van der Waals surface area contributed by atoms with Crippen molar-refractivity contribution in [1.29, 1.82) is 0 Å². The first kappa shape index (κ1) is 25.4. The Morgan fingerprint density at radius 3 is 2.66 bits per heavy atom. The summed E-state index contributed by atoms with van der Waals surface area (Å²) in [6.07, 6.45) is 4.56. The summed E-state index contributed by atoms with van der Waals surface area (Å²) in [6.45, 7) is 2.51. The van der Waals surface area contributed by atoms with Crippen LogP contribution in [0.25, 0.3) is 10.2 Å². The molecule has 0 saturated heterocycles. The van der Waals surface area contributed by atoms with Gasteiger partial charge in [-0.05, 0) is 68.4 Å². The van der Waals surface area contributed by atoms with E-state index in [9.17, 15) is 19.5 Å². The van der Waals surface area contributed by atoms with Crippen LogP contribution in [0.5, 0.6) is 0 Å². The third-order valence-corrected chi connectivity index (χ3v) is 8.48. The van der Waals surface area contributed by atoms with Crippen molar-refractivity contribution in [2.24, 2.45) is 11.8 Å². The Bertz CT molecular complexity index is 1220. The molecule has 186 valence electrons. The van der Waals surface area contributed by atoms with Gasteiger partial charge >= 0.3 is 5.97 Å². The molecule has 3 aromatic rings. The van der Waals surface area contributed by atoms with Gasteiger partial charge in [0.05, 0.1) is 17.2 Å². The van der Waals surface area contributed by atoms with Crippen molar-refractivity contribution in [2.45, 2.75) is 63.2 Å². The third kappa shape index (κ3) is 6.73. The van der Waals surface area contributed by atoms with Crippen LogP contribution in [0.2, 0.25) is 0 Å². The van der Waals surface area contributed by atoms with E-state index in [1.165, 1.54) is 28.7 Å². The molecule has 1 aliphatic carbocycles. The number of carbonyl (C=O) groups excluding carboxylic acids is 1. The van der Waals surface area contributed by atoms with Gasteiger partial charge in [0.1, 0.15) is 4.70 Å². The first-order valence-electron chi connectivity index (χ1n) is 12.1. The molecule has 2 N–H and O–H groups in total. The minimum atomic E-state index is -0.734. The molecule has 7 nitrogen and oxygen atoms in total. The normalized spacial score (nSPS) is 18.9. The molecular formula is C26H31N3O4S2. The van der Waals surface area contributed by atoms with E-state index < -0.39 is 5.97 Å². The molecule has 0 unspecified atom stereocenters. The summed E-state index contributed by atoms with van der Waals surface area (Å²) in [7, 11) is 0. The van der Waals surface area contributed by atoms with Crippen LogP contribution in [0.1, 0.15) is 44.6 Å². The summed E-state index contributed by atoms with van der Waals surface area (Å²) in [5, 5.41) is 14.7. The molecule has 1 saturated carbocycles. The molecule has 0 spiro atoms. The molecular weight excluding hydrogens is 482 g/mol. The summed E-state index contributed by atoms with van der Waals surface area (Å²) in [4.78, 5) is 41.8. The SMILES string of the molecule is C[C@H](CCc1ccccc1)NC(=O)CSc1nc2ccsc2c(=O)n1CC1CCC(C(=O)O)CC1. The fourth-order valence-corrected chi connectivity index (χ4v) is 6.19. The number of hydrogen-bond acceptors (Lipinski definition) is 6. The standard InChI is InChI=1S/C26H31N3O4S2/c1-17(7-8-18-5-3-2-4-6-18)27-22(30)16-35-26-28-21-13-14-34-23(21)24(31)29(26)15-19-9-11-20(12-10-19)25(32)33/h2-6,13-14,17,19-20H,7-12,15-16H2,1H3,(H,27,30)(H,32,33)/t17-,19?,20?/m1/s1. The zero-order valence-corrected chi connectivity index (χ0v) is 21.4. The van der Waals surface area contributed by atoms with Crippen molar-refractivity contribution >= 4 is 45.2 Å². The Morgan fingerprint density at radius 1 is 1.20 bits per heavy atom. The van der Waals surface area contributed by atoms with Gasteiger partial charge in [-0.15, -0.1) is 11.3 Å². The Balaban J connectivity index is 1.38. The second-order valence-electron chi connectivity index (χ2n) is 9.28. The van der Waals surface area contributed by atoms with Gasteiger partial charge in [0.15, 0.2) is 5.16 Å². The summed E-state index contributed by atoms with van der Waals surface area (Å²) in [5.41, 5.74) is 1.83. The maximum Gasteiger partial charge on any atom is 0.306 e. The number of thioether (sulfide) groups is 1. The minimum Gasteiger partial charge on any atom is -0.481 e. The molecule has 35 heavy (non-hydrogen) atoms. The highest BCUT2D eigenvalue weighted by Gasteiger charge is 2.27. The molecule has 4 rings (SSSR count). The number of aryl methyl sites for hydroxylation is 1. The minimum absolute atomic E-state index is 0.0437. The number of hydrogen-bond donors (Lipinski definition) is 2. The van der Waals surface area contributed by atoms with E-state index >= 15 is 0 Å². The predicted molar refractivity (Wildman–Crippen MR) is 140 cm³/mol. The van der Waals surface area contributed by atoms with Crippen molar-refractivity contribution in [3.05, 3.63) is 57.7 Å². The topological polar surface area (TPSA) is 101 Å². The lowest BCUT2D eigenvalue weighted by Gasteiger charge is -2.27. The number of aromatic nitrogens is 2. The van der Waals surface area contributed by atoms with Crippen molar-refractivity contribution in [3.8, 4) is 0 Å². The monoisotopic (exact) mass is 513 g/mol. The quantitative estimate of drug-likeness (QED) is 0.304. The van der Waals surface area contributed by atoms with Crippen molar-refractivity contribution in [2.75, 3.05) is 5.75 Å². The summed E-state index contributed by atoms with van der Waals surface area (Å²) in [6, 6.07) is 12.1. The highest BCUT2D eigenvalue weighted by Crippen LogP contribution is 2.31. The van der Waals surface area contributed by atoms with Crippen molar-refractivity contribution < 1.29 is 14.7 Å². The highest BCUT2D eigenvalue weighted by molar-refractivity contribution is 7.99. The van der Waals surface area contributed by atoms with E-state index in [1.54, 1.807) is 4.57 Å². The first-order valence-corrected chi connectivity index (χ1v) is 13.9. The average molecular weight is 514 g/mol. The van der Waals surface area contributed by atoms with Crippen LogP contribution in [0.15, 0.2) is 51.7 Å². The Hall–Kier alpha value is -2.65. The number of benzene rings is 1. The Labute approximate surface area is 213 Å². The van der Waals surface area contributed by atoms with Gasteiger partial charge in [0.25, 0.3) is 5.56 Å². The number of aliphatic carboxylic acids is 1. The van der Waals surface area contributed by atoms with Crippen LogP contribution in [0.4, 0.5) is 0 Å². The number of carboxylic acid groups (broad SMARTS) is 1. The van der Waals surface area contributed by atoms with E-state index in [4.69, 9.17) is 4.98 Å². The van der Waals surface area contributed by atoms with Crippen LogP contribution < -0.4 is 10.9 Å². The maximum atomic E-state index is 13.2. The number of thiophene rings is 1. The lowest BCUT2D eigenvalue weighted by molar-refractivity contribution is -0.143. The zero-order valence-electron chi connectivity index (χ0n) is 19.8. The van der Waals surface area contributed by atoms with E-state index in [2.05, 4.69) is 17.4 Å². The van der Waals surface area contributed by atoms with Crippen LogP contribution in [0, 0.1) is 11.8 Å². The summed E-state index contributed by atoms with van der Waals surface area (Å²) >= 11 is 2.67. The highest BCUT2D eigenvalue weighted by atomic mass is 32.2. The second kappa shape index (κ2) is 11.9. The third-order valence-electron chi connectivity index (χ3n) is 6.62. The molecule has 1 fully saturated rings. The molecule has 1 atom stereocenters. The van der Waals surface area contributed by atoms with Gasteiger partial charge < -0.3 is 10.4 Å². The molecule has 1 aromatic carbocycles. The molecule has 0 radical (unpaired) electrons. The van der Waals surface area contributed by atoms with Crippen LogP contribution in [0.3, 0.4) is 0 Å². The molecule has 1 amide bonds. The van der Waals surface area contributed by atoms with Crippen molar-refractivity contribution in [1.82, 2.24) is 14.9 Å². The van der Waals surface area contributed by atoms with E-state index in [0.717, 1.165) is 25.7 Å². The summed E-state index contributed by atoms with van der Waals surface area (Å²) in [5.74, 6) is -0.689. The van der Waals surface area contributed by atoms with Gasteiger partial charge in [-0.3, -0.25) is 19.0 Å². The Morgan fingerprint density at radius 2 is 1.94 bits per heavy atom. The molecule has 2 aromatic heterocycles. The predicted octanol–water partition coefficient (Wildman–Crippen LogP) is 4.58. The average Bonchev–Trinajstić information content (AvgIpc) is 3.33. The fourth-order valence-electron chi connectivity index (χ4n) is 4.59. The van der Waals surface area contributed by atoms with E-state index in [0.29, 0.717) is 34.8 Å². The summed E-state index contributed by atoms with van der Waals surface area (Å²) < 4.78 is 2.31. The van der Waals surface area contributed by atoms with Crippen LogP contribution in [-0.2, 0) is 22.6 Å². The number of fused-ring (bicyclic) bond motifs is 1. The zero-order chi connectivity index (χ0) is 24.8. The number of carboxylic acids is 1. The van der Waals surface area contributed by atoms with Gasteiger partial charge in [0.2, 0.25) is 5.91 Å². The number of amides is 1. The van der Waals surface area contributed by atoms with Gasteiger partial charge in [0, 0.05) is 12.6 Å². The van der Waals surface area contributed by atoms with Crippen LogP contribution in [-0.4, -0.2) is 38.3 Å². The van der Waals surface area contributed by atoms with Crippen LogP contribution >= 0.6 is 23.1 Å². The molecule has 2 heterocycles. The molecule has 0 bridgehead atoms. The molecule has 1 aliphatic rings. The van der Waals surface area contributed by atoms with Gasteiger partial charge in [-0.2, -0.15) is 0 Å². The number of carbonyl (C=O) groups is 2. The smallest absolute Gasteiger partial charge is 0.306 e. The largest absolute Gasteiger partial charge is 0.481 e. The number of rotatable bonds is 10. The first-order chi connectivity index (χ1) is 16.9. The van der Waals surface area contributed by atoms with E-state index in [-0.39, 0.29) is 35.1 Å². The van der Waals surface area contributed by atoms with E-state index in [1.807, 2.05) is 36.6 Å².